The maximum absolute atomic E-state index is 6.28. The highest BCUT2D eigenvalue weighted by Gasteiger charge is 2.07. The summed E-state index contributed by atoms with van der Waals surface area (Å²) in [7, 11) is 0. The lowest BCUT2D eigenvalue weighted by atomic mass is 10.1. The molecule has 0 heterocycles. The third-order valence-corrected chi connectivity index (χ3v) is 4.02. The van der Waals surface area contributed by atoms with E-state index in [1.165, 1.54) is 11.1 Å². The highest BCUT2D eigenvalue weighted by molar-refractivity contribution is 6.32. The van der Waals surface area contributed by atoms with Crippen molar-refractivity contribution in [2.24, 2.45) is 0 Å². The lowest BCUT2D eigenvalue weighted by Crippen LogP contribution is -2.26. The minimum Gasteiger partial charge on any atom is -0.489 e. The highest BCUT2D eigenvalue weighted by atomic mass is 35.5. The van der Waals surface area contributed by atoms with Crippen LogP contribution in [-0.2, 0) is 13.0 Å². The normalized spacial score (nSPS) is 12.4. The molecule has 0 aliphatic carbocycles. The second-order valence-electron chi connectivity index (χ2n) is 6.24. The maximum atomic E-state index is 6.28. The summed E-state index contributed by atoms with van der Waals surface area (Å²) < 4.78 is 5.66. The largest absolute Gasteiger partial charge is 0.489 e. The number of aryl methyl sites for hydroxylation is 1. The average molecular weight is 332 g/mol. The van der Waals surface area contributed by atoms with Gasteiger partial charge in [-0.05, 0) is 56.9 Å². The summed E-state index contributed by atoms with van der Waals surface area (Å²) in [5, 5.41) is 4.23. The fraction of sp³-hybridized carbons (Fsp3) is 0.400. The quantitative estimate of drug-likeness (QED) is 0.714. The van der Waals surface area contributed by atoms with Crippen molar-refractivity contribution in [1.82, 2.24) is 5.32 Å². The summed E-state index contributed by atoms with van der Waals surface area (Å²) in [5.74, 6) is 0.752. The van der Waals surface area contributed by atoms with Crippen LogP contribution in [0.3, 0.4) is 0 Å². The Kier molecular flexibility index (Phi) is 6.94. The van der Waals surface area contributed by atoms with Crippen molar-refractivity contribution in [2.45, 2.75) is 52.3 Å². The van der Waals surface area contributed by atoms with Crippen LogP contribution >= 0.6 is 11.6 Å². The summed E-state index contributed by atoms with van der Waals surface area (Å²) >= 11 is 6.28. The standard InChI is InChI=1S/C20H26ClNO/c1-15(2)23-20-12-11-18(13-19(20)21)14-22-16(3)9-10-17-7-5-4-6-8-17/h4-8,11-13,15-16,22H,9-10,14H2,1-3H3. The van der Waals surface area contributed by atoms with Gasteiger partial charge in [-0.15, -0.1) is 0 Å². The average Bonchev–Trinajstić information content (AvgIpc) is 2.54. The first-order valence-corrected chi connectivity index (χ1v) is 8.65. The Balaban J connectivity index is 1.79. The van der Waals surface area contributed by atoms with Crippen LogP contribution in [0.4, 0.5) is 0 Å². The fourth-order valence-corrected chi connectivity index (χ4v) is 2.67. The van der Waals surface area contributed by atoms with Crippen LogP contribution in [0, 0.1) is 0 Å². The summed E-state index contributed by atoms with van der Waals surface area (Å²) in [6.07, 6.45) is 2.35. The predicted octanol–water partition coefficient (Wildman–Crippen LogP) is 5.24. The molecule has 0 radical (unpaired) electrons. The molecular weight excluding hydrogens is 306 g/mol. The summed E-state index contributed by atoms with van der Waals surface area (Å²) in [6.45, 7) is 7.04. The molecular formula is C20H26ClNO. The number of ether oxygens (including phenoxy) is 1. The molecule has 124 valence electrons. The second-order valence-corrected chi connectivity index (χ2v) is 6.64. The van der Waals surface area contributed by atoms with E-state index in [1.54, 1.807) is 0 Å². The van der Waals surface area contributed by atoms with Gasteiger partial charge in [0.2, 0.25) is 0 Å². The van der Waals surface area contributed by atoms with Gasteiger partial charge in [-0.25, -0.2) is 0 Å². The van der Waals surface area contributed by atoms with E-state index in [-0.39, 0.29) is 6.10 Å². The Morgan fingerprint density at radius 1 is 1.00 bits per heavy atom. The third-order valence-electron chi connectivity index (χ3n) is 3.72. The lowest BCUT2D eigenvalue weighted by molar-refractivity contribution is 0.242. The molecule has 1 atom stereocenters. The van der Waals surface area contributed by atoms with Crippen molar-refractivity contribution in [1.29, 1.82) is 0 Å². The van der Waals surface area contributed by atoms with E-state index in [2.05, 4.69) is 48.6 Å². The Morgan fingerprint density at radius 3 is 2.39 bits per heavy atom. The van der Waals surface area contributed by atoms with E-state index < -0.39 is 0 Å². The topological polar surface area (TPSA) is 21.3 Å². The number of nitrogens with one attached hydrogen (secondary N) is 1. The van der Waals surface area contributed by atoms with Crippen LogP contribution < -0.4 is 10.1 Å². The molecule has 0 saturated carbocycles. The van der Waals surface area contributed by atoms with Gasteiger partial charge in [-0.2, -0.15) is 0 Å². The van der Waals surface area contributed by atoms with Crippen LogP contribution in [-0.4, -0.2) is 12.1 Å². The monoisotopic (exact) mass is 331 g/mol. The first kappa shape index (κ1) is 17.8. The van der Waals surface area contributed by atoms with Crippen LogP contribution in [0.2, 0.25) is 5.02 Å². The lowest BCUT2D eigenvalue weighted by Gasteiger charge is -2.15. The summed E-state index contributed by atoms with van der Waals surface area (Å²) in [5.41, 5.74) is 2.57. The molecule has 0 amide bonds. The van der Waals surface area contributed by atoms with Crippen LogP contribution in [0.25, 0.3) is 0 Å². The zero-order chi connectivity index (χ0) is 16.7. The third kappa shape index (κ3) is 6.25. The molecule has 0 aliphatic heterocycles. The number of rotatable bonds is 8. The highest BCUT2D eigenvalue weighted by Crippen LogP contribution is 2.26. The van der Waals surface area contributed by atoms with Gasteiger partial charge in [0.05, 0.1) is 11.1 Å². The summed E-state index contributed by atoms with van der Waals surface area (Å²) in [4.78, 5) is 0. The van der Waals surface area contributed by atoms with E-state index in [1.807, 2.05) is 26.0 Å². The minimum absolute atomic E-state index is 0.134. The van der Waals surface area contributed by atoms with Gasteiger partial charge in [-0.3, -0.25) is 0 Å². The molecule has 1 unspecified atom stereocenters. The molecule has 0 bridgehead atoms. The summed E-state index contributed by atoms with van der Waals surface area (Å²) in [6, 6.07) is 17.1. The van der Waals surface area contributed by atoms with Gasteiger partial charge < -0.3 is 10.1 Å². The Labute approximate surface area is 144 Å². The van der Waals surface area contributed by atoms with Gasteiger partial charge in [0.25, 0.3) is 0 Å². The number of hydrogen-bond donors (Lipinski definition) is 1. The van der Waals surface area contributed by atoms with Gasteiger partial charge in [0.1, 0.15) is 5.75 Å². The van der Waals surface area contributed by atoms with Crippen LogP contribution in [0.5, 0.6) is 5.75 Å². The molecule has 0 aliphatic rings. The van der Waals surface area contributed by atoms with Gasteiger partial charge >= 0.3 is 0 Å². The molecule has 2 rings (SSSR count). The van der Waals surface area contributed by atoms with Crippen molar-refractivity contribution >= 4 is 11.6 Å². The number of halogens is 1. The Bertz CT molecular complexity index is 598. The minimum atomic E-state index is 0.134. The molecule has 2 aromatic carbocycles. The molecule has 1 N–H and O–H groups in total. The van der Waals surface area contributed by atoms with E-state index >= 15 is 0 Å². The number of benzene rings is 2. The predicted molar refractivity (Wildman–Crippen MR) is 98.3 cm³/mol. The molecule has 0 aromatic heterocycles. The van der Waals surface area contributed by atoms with E-state index in [0.29, 0.717) is 11.1 Å². The molecule has 2 aromatic rings. The molecule has 0 saturated heterocycles. The van der Waals surface area contributed by atoms with E-state index in [4.69, 9.17) is 16.3 Å². The van der Waals surface area contributed by atoms with Crippen LogP contribution in [0.15, 0.2) is 48.5 Å². The zero-order valence-electron chi connectivity index (χ0n) is 14.2. The van der Waals surface area contributed by atoms with Crippen molar-refractivity contribution < 1.29 is 4.74 Å². The molecule has 2 nitrogen and oxygen atoms in total. The fourth-order valence-electron chi connectivity index (χ4n) is 2.43. The van der Waals surface area contributed by atoms with Gasteiger partial charge in [-0.1, -0.05) is 48.0 Å². The first-order chi connectivity index (χ1) is 11.0. The molecule has 0 fully saturated rings. The van der Waals surface area contributed by atoms with Crippen LogP contribution in [0.1, 0.15) is 38.3 Å². The Morgan fingerprint density at radius 2 is 1.74 bits per heavy atom. The maximum Gasteiger partial charge on any atom is 0.138 e. The molecule has 23 heavy (non-hydrogen) atoms. The van der Waals surface area contributed by atoms with E-state index in [0.717, 1.165) is 25.1 Å². The smallest absolute Gasteiger partial charge is 0.138 e. The van der Waals surface area contributed by atoms with Gasteiger partial charge in [0.15, 0.2) is 0 Å². The Hall–Kier alpha value is -1.51. The zero-order valence-corrected chi connectivity index (χ0v) is 14.9. The number of hydrogen-bond acceptors (Lipinski definition) is 2. The van der Waals surface area contributed by atoms with Crippen molar-refractivity contribution in [3.05, 3.63) is 64.7 Å². The van der Waals surface area contributed by atoms with Crippen molar-refractivity contribution in [2.75, 3.05) is 0 Å². The first-order valence-electron chi connectivity index (χ1n) is 8.27. The SMILES string of the molecule is CC(CCc1ccccc1)NCc1ccc(OC(C)C)c(Cl)c1. The van der Waals surface area contributed by atoms with Gasteiger partial charge in [0, 0.05) is 12.6 Å². The second kappa shape index (κ2) is 8.95. The molecule has 3 heteroatoms. The molecule has 0 spiro atoms. The van der Waals surface area contributed by atoms with Crippen molar-refractivity contribution in [3.63, 3.8) is 0 Å². The van der Waals surface area contributed by atoms with E-state index in [9.17, 15) is 0 Å². The van der Waals surface area contributed by atoms with Crippen molar-refractivity contribution in [3.8, 4) is 5.75 Å².